The zero-order chi connectivity index (χ0) is 9.56. The Hall–Kier alpha value is -0.530. The molecule has 0 aromatic carbocycles. The molecule has 0 aromatic heterocycles. The second kappa shape index (κ2) is 6.04. The van der Waals surface area contributed by atoms with Crippen LogP contribution in [0, 0.1) is 11.8 Å². The first-order valence-electron chi connectivity index (χ1n) is 4.90. The van der Waals surface area contributed by atoms with Crippen LogP contribution in [0.4, 0.5) is 0 Å². The monoisotopic (exact) mass is 171 g/mol. The van der Waals surface area contributed by atoms with Crippen LogP contribution in [0.15, 0.2) is 0 Å². The Balaban J connectivity index is 3.93. The highest BCUT2D eigenvalue weighted by atomic mass is 16.1. The van der Waals surface area contributed by atoms with E-state index in [9.17, 15) is 4.79 Å². The van der Waals surface area contributed by atoms with Crippen molar-refractivity contribution in [2.45, 2.75) is 46.5 Å². The molecule has 2 unspecified atom stereocenters. The van der Waals surface area contributed by atoms with Crippen molar-refractivity contribution in [3.8, 4) is 0 Å². The molecule has 0 spiro atoms. The molecule has 0 saturated carbocycles. The van der Waals surface area contributed by atoms with Crippen LogP contribution in [0.1, 0.15) is 46.5 Å². The molecule has 0 heterocycles. The Bertz CT molecular complexity index is 134. The molecule has 0 aliphatic heterocycles. The minimum atomic E-state index is -0.159. The van der Waals surface area contributed by atoms with Gasteiger partial charge in [0, 0.05) is 6.42 Å². The predicted octanol–water partition coefficient (Wildman–Crippen LogP) is 2.32. The van der Waals surface area contributed by atoms with Crippen LogP contribution in [0.5, 0.6) is 0 Å². The fraction of sp³-hybridized carbons (Fsp3) is 0.900. The number of carbonyl (C=O) groups excluding carboxylic acids is 1. The van der Waals surface area contributed by atoms with Crippen LogP contribution >= 0.6 is 0 Å². The third-order valence-electron chi connectivity index (χ3n) is 2.57. The lowest BCUT2D eigenvalue weighted by Crippen LogP contribution is -2.20. The van der Waals surface area contributed by atoms with Gasteiger partial charge in [-0.25, -0.2) is 0 Å². The van der Waals surface area contributed by atoms with Crippen LogP contribution < -0.4 is 5.73 Å². The lowest BCUT2D eigenvalue weighted by atomic mass is 9.85. The maximum Gasteiger partial charge on any atom is 0.217 e. The summed E-state index contributed by atoms with van der Waals surface area (Å²) >= 11 is 0. The van der Waals surface area contributed by atoms with Crippen molar-refractivity contribution in [3.63, 3.8) is 0 Å². The van der Waals surface area contributed by atoms with E-state index in [0.717, 1.165) is 19.3 Å². The maximum absolute atomic E-state index is 10.7. The van der Waals surface area contributed by atoms with Crippen molar-refractivity contribution >= 4 is 5.91 Å². The first kappa shape index (κ1) is 11.5. The smallest absolute Gasteiger partial charge is 0.217 e. The van der Waals surface area contributed by atoms with E-state index in [-0.39, 0.29) is 5.91 Å². The summed E-state index contributed by atoms with van der Waals surface area (Å²) in [5.41, 5.74) is 5.18. The number of carbonyl (C=O) groups is 1. The highest BCUT2D eigenvalue weighted by molar-refractivity contribution is 5.74. The Kier molecular flexibility index (Phi) is 5.77. The summed E-state index contributed by atoms with van der Waals surface area (Å²) in [6, 6.07) is 0. The lowest BCUT2D eigenvalue weighted by Gasteiger charge is -2.20. The second-order valence-corrected chi connectivity index (χ2v) is 3.60. The van der Waals surface area contributed by atoms with E-state index in [4.69, 9.17) is 5.73 Å². The van der Waals surface area contributed by atoms with E-state index >= 15 is 0 Å². The van der Waals surface area contributed by atoms with Crippen molar-refractivity contribution < 1.29 is 4.79 Å². The van der Waals surface area contributed by atoms with Crippen molar-refractivity contribution in [2.24, 2.45) is 17.6 Å². The van der Waals surface area contributed by atoms with Crippen LogP contribution in [0.3, 0.4) is 0 Å². The quantitative estimate of drug-likeness (QED) is 0.655. The van der Waals surface area contributed by atoms with E-state index in [2.05, 4.69) is 20.8 Å². The van der Waals surface area contributed by atoms with Gasteiger partial charge in [-0.15, -0.1) is 0 Å². The maximum atomic E-state index is 10.7. The minimum Gasteiger partial charge on any atom is -0.370 e. The predicted molar refractivity (Wildman–Crippen MR) is 51.7 cm³/mol. The van der Waals surface area contributed by atoms with Crippen LogP contribution in [-0.2, 0) is 4.79 Å². The fourth-order valence-electron chi connectivity index (χ4n) is 1.55. The zero-order valence-electron chi connectivity index (χ0n) is 8.47. The van der Waals surface area contributed by atoms with E-state index < -0.39 is 0 Å². The molecule has 12 heavy (non-hydrogen) atoms. The van der Waals surface area contributed by atoms with Gasteiger partial charge in [-0.3, -0.25) is 4.79 Å². The Labute approximate surface area is 75.5 Å². The summed E-state index contributed by atoms with van der Waals surface area (Å²) in [5.74, 6) is 0.962. The van der Waals surface area contributed by atoms with Crippen LogP contribution in [0.2, 0.25) is 0 Å². The summed E-state index contributed by atoms with van der Waals surface area (Å²) in [6.45, 7) is 6.51. The normalized spacial score (nSPS) is 15.6. The van der Waals surface area contributed by atoms with Crippen LogP contribution in [0.25, 0.3) is 0 Å². The summed E-state index contributed by atoms with van der Waals surface area (Å²) in [4.78, 5) is 10.7. The standard InChI is InChI=1S/C10H21NO/c1-4-6-9(7-10(11)12)8(3)5-2/h8-9H,4-7H2,1-3H3,(H2,11,12). The molecule has 0 aliphatic rings. The number of hydrogen-bond acceptors (Lipinski definition) is 1. The molecule has 0 rings (SSSR count). The molecular weight excluding hydrogens is 150 g/mol. The minimum absolute atomic E-state index is 0.159. The number of rotatable bonds is 6. The van der Waals surface area contributed by atoms with Gasteiger partial charge in [0.1, 0.15) is 0 Å². The van der Waals surface area contributed by atoms with Crippen molar-refractivity contribution in [3.05, 3.63) is 0 Å². The number of amides is 1. The third-order valence-corrected chi connectivity index (χ3v) is 2.57. The van der Waals surface area contributed by atoms with Gasteiger partial charge in [-0.2, -0.15) is 0 Å². The van der Waals surface area contributed by atoms with E-state index in [1.807, 2.05) is 0 Å². The largest absolute Gasteiger partial charge is 0.370 e. The summed E-state index contributed by atoms with van der Waals surface area (Å²) in [6.07, 6.45) is 3.96. The van der Waals surface area contributed by atoms with E-state index in [1.165, 1.54) is 0 Å². The molecule has 0 saturated heterocycles. The molecule has 1 amide bonds. The number of primary amides is 1. The van der Waals surface area contributed by atoms with Gasteiger partial charge in [0.2, 0.25) is 5.91 Å². The summed E-state index contributed by atoms with van der Waals surface area (Å²) in [5, 5.41) is 0. The third kappa shape index (κ3) is 4.37. The molecule has 72 valence electrons. The SMILES string of the molecule is CCCC(CC(N)=O)C(C)CC. The highest BCUT2D eigenvalue weighted by Crippen LogP contribution is 2.23. The van der Waals surface area contributed by atoms with Crippen molar-refractivity contribution in [1.82, 2.24) is 0 Å². The van der Waals surface area contributed by atoms with Gasteiger partial charge in [0.25, 0.3) is 0 Å². The molecule has 2 heteroatoms. The number of nitrogens with two attached hydrogens (primary N) is 1. The van der Waals surface area contributed by atoms with Gasteiger partial charge in [-0.05, 0) is 18.3 Å². The first-order valence-corrected chi connectivity index (χ1v) is 4.90. The second-order valence-electron chi connectivity index (χ2n) is 3.60. The molecule has 2 nitrogen and oxygen atoms in total. The molecule has 0 aliphatic carbocycles. The topological polar surface area (TPSA) is 43.1 Å². The molecule has 2 N–H and O–H groups in total. The molecule has 0 bridgehead atoms. The van der Waals surface area contributed by atoms with Gasteiger partial charge in [0.15, 0.2) is 0 Å². The van der Waals surface area contributed by atoms with Gasteiger partial charge in [-0.1, -0.05) is 33.6 Å². The van der Waals surface area contributed by atoms with E-state index in [0.29, 0.717) is 18.3 Å². The van der Waals surface area contributed by atoms with Crippen molar-refractivity contribution in [2.75, 3.05) is 0 Å². The average molecular weight is 171 g/mol. The average Bonchev–Trinajstić information content (AvgIpc) is 2.01. The summed E-state index contributed by atoms with van der Waals surface area (Å²) in [7, 11) is 0. The Morgan fingerprint density at radius 2 is 2.00 bits per heavy atom. The van der Waals surface area contributed by atoms with Crippen molar-refractivity contribution in [1.29, 1.82) is 0 Å². The Morgan fingerprint density at radius 3 is 2.33 bits per heavy atom. The molecule has 0 radical (unpaired) electrons. The summed E-state index contributed by atoms with van der Waals surface area (Å²) < 4.78 is 0. The molecule has 0 fully saturated rings. The molecule has 0 aromatic rings. The molecule has 2 atom stereocenters. The molecular formula is C10H21NO. The zero-order valence-corrected chi connectivity index (χ0v) is 8.47. The van der Waals surface area contributed by atoms with Crippen LogP contribution in [-0.4, -0.2) is 5.91 Å². The van der Waals surface area contributed by atoms with Gasteiger partial charge >= 0.3 is 0 Å². The first-order chi connectivity index (χ1) is 5.61. The fourth-order valence-corrected chi connectivity index (χ4v) is 1.55. The number of hydrogen-bond donors (Lipinski definition) is 1. The van der Waals surface area contributed by atoms with Gasteiger partial charge in [0.05, 0.1) is 0 Å². The van der Waals surface area contributed by atoms with Gasteiger partial charge < -0.3 is 5.73 Å². The van der Waals surface area contributed by atoms with E-state index in [1.54, 1.807) is 0 Å². The Morgan fingerprint density at radius 1 is 1.42 bits per heavy atom. The highest BCUT2D eigenvalue weighted by Gasteiger charge is 2.16. The lowest BCUT2D eigenvalue weighted by molar-refractivity contribution is -0.119.